The Bertz CT molecular complexity index is 928. The van der Waals surface area contributed by atoms with Gasteiger partial charge in [-0.05, 0) is 61.7 Å². The molecule has 2 atom stereocenters. The third-order valence-electron chi connectivity index (χ3n) is 6.22. The molecular weight excluding hydrogens is 391 g/mol. The highest BCUT2D eigenvalue weighted by molar-refractivity contribution is 7.46. The first-order valence-corrected chi connectivity index (χ1v) is 11.6. The highest BCUT2D eigenvalue weighted by Gasteiger charge is 2.35. The van der Waals surface area contributed by atoms with Crippen LogP contribution in [0.5, 0.6) is 0 Å². The van der Waals surface area contributed by atoms with Crippen LogP contribution in [0.1, 0.15) is 56.3 Å². The average Bonchev–Trinajstić information content (AvgIpc) is 3.25. The quantitative estimate of drug-likeness (QED) is 0.617. The summed E-state index contributed by atoms with van der Waals surface area (Å²) >= 11 is 0. The molecule has 1 aliphatic carbocycles. The van der Waals surface area contributed by atoms with Crippen molar-refractivity contribution in [1.82, 2.24) is 9.55 Å². The van der Waals surface area contributed by atoms with Crippen LogP contribution in [0.15, 0.2) is 42.9 Å². The summed E-state index contributed by atoms with van der Waals surface area (Å²) in [6.07, 6.45) is 5.83. The lowest BCUT2D eigenvalue weighted by atomic mass is 9.80. The zero-order valence-electron chi connectivity index (χ0n) is 16.4. The second-order valence-electron chi connectivity index (χ2n) is 8.04. The van der Waals surface area contributed by atoms with Crippen molar-refractivity contribution in [1.29, 1.82) is 0 Å². The summed E-state index contributed by atoms with van der Waals surface area (Å²) in [6.45, 7) is 2.10. The molecule has 3 N–H and O–H groups in total. The molecule has 29 heavy (non-hydrogen) atoms. The molecule has 1 aromatic carbocycles. The van der Waals surface area contributed by atoms with Gasteiger partial charge in [0.25, 0.3) is 0 Å². The Kier molecular flexibility index (Phi) is 5.78. The highest BCUT2D eigenvalue weighted by atomic mass is 31.2. The number of imidazole rings is 1. The van der Waals surface area contributed by atoms with E-state index in [0.29, 0.717) is 32.1 Å². The lowest BCUT2D eigenvalue weighted by Crippen LogP contribution is -2.30. The van der Waals surface area contributed by atoms with Gasteiger partial charge < -0.3 is 19.5 Å². The zero-order valence-corrected chi connectivity index (χ0v) is 17.3. The number of phosphoric ester groups is 1. The number of hydrogen-bond acceptors (Lipinski definition) is 4. The molecule has 2 aromatic rings. The van der Waals surface area contributed by atoms with Crippen molar-refractivity contribution in [3.63, 3.8) is 0 Å². The predicted octanol–water partition coefficient (Wildman–Crippen LogP) is 3.79. The van der Waals surface area contributed by atoms with E-state index in [2.05, 4.69) is 28.6 Å². The van der Waals surface area contributed by atoms with Gasteiger partial charge in [0.1, 0.15) is 0 Å². The van der Waals surface area contributed by atoms with Crippen molar-refractivity contribution in [3.05, 3.63) is 54.1 Å². The second kappa shape index (κ2) is 8.17. The van der Waals surface area contributed by atoms with Crippen LogP contribution in [0.25, 0.3) is 11.1 Å². The second-order valence-corrected chi connectivity index (χ2v) is 9.23. The predicted molar refractivity (Wildman–Crippen MR) is 110 cm³/mol. The summed E-state index contributed by atoms with van der Waals surface area (Å²) in [5, 5.41) is 11.0. The van der Waals surface area contributed by atoms with Crippen molar-refractivity contribution in [3.8, 4) is 0 Å². The third-order valence-corrected chi connectivity index (χ3v) is 6.80. The minimum absolute atomic E-state index is 0.0222. The molecule has 1 saturated carbocycles. The maximum Gasteiger partial charge on any atom is 0.469 e. The summed E-state index contributed by atoms with van der Waals surface area (Å²) in [7, 11) is -4.46. The van der Waals surface area contributed by atoms with Crippen LogP contribution in [-0.4, -0.2) is 36.7 Å². The first-order chi connectivity index (χ1) is 13.8. The Hall–Kier alpha value is -1.76. The Morgan fingerprint density at radius 2 is 1.90 bits per heavy atom. The minimum Gasteiger partial charge on any atom is -0.393 e. The number of phosphoric acid groups is 1. The SMILES string of the molecule is CC1=C(c2ccccc2)C(CC(O)C2CCC(OP(=O)(O)O)CC2)n2cncc21. The third kappa shape index (κ3) is 4.39. The summed E-state index contributed by atoms with van der Waals surface area (Å²) in [5.41, 5.74) is 4.65. The number of aliphatic hydroxyl groups excluding tert-OH is 1. The summed E-state index contributed by atoms with van der Waals surface area (Å²) in [6, 6.07) is 10.3. The fourth-order valence-corrected chi connectivity index (χ4v) is 5.42. The normalized spacial score (nSPS) is 25.9. The van der Waals surface area contributed by atoms with Crippen LogP contribution >= 0.6 is 7.82 Å². The van der Waals surface area contributed by atoms with Crippen LogP contribution in [-0.2, 0) is 9.09 Å². The van der Waals surface area contributed by atoms with Gasteiger partial charge in [0.15, 0.2) is 0 Å². The summed E-state index contributed by atoms with van der Waals surface area (Å²) < 4.78 is 18.0. The van der Waals surface area contributed by atoms with Crippen molar-refractivity contribution in [2.75, 3.05) is 0 Å². The molecule has 0 saturated heterocycles. The number of fused-ring (bicyclic) bond motifs is 1. The smallest absolute Gasteiger partial charge is 0.393 e. The fourth-order valence-electron chi connectivity index (χ4n) is 4.82. The number of benzene rings is 1. The van der Waals surface area contributed by atoms with Gasteiger partial charge in [0.2, 0.25) is 0 Å². The van der Waals surface area contributed by atoms with E-state index >= 15 is 0 Å². The highest BCUT2D eigenvalue weighted by Crippen LogP contribution is 2.46. The largest absolute Gasteiger partial charge is 0.469 e. The molecule has 2 unspecified atom stereocenters. The number of aliphatic hydroxyl groups is 1. The number of aromatic nitrogens is 2. The van der Waals surface area contributed by atoms with Gasteiger partial charge >= 0.3 is 7.82 Å². The average molecular weight is 418 g/mol. The molecule has 156 valence electrons. The number of hydrogen-bond donors (Lipinski definition) is 3. The van der Waals surface area contributed by atoms with Crippen molar-refractivity contribution in [2.45, 2.75) is 57.3 Å². The van der Waals surface area contributed by atoms with Crippen LogP contribution in [0.2, 0.25) is 0 Å². The van der Waals surface area contributed by atoms with Gasteiger partial charge in [-0.1, -0.05) is 30.3 Å². The first-order valence-electron chi connectivity index (χ1n) is 10.0. The molecule has 0 amide bonds. The van der Waals surface area contributed by atoms with E-state index in [1.165, 1.54) is 11.1 Å². The molecule has 7 nitrogen and oxygen atoms in total. The zero-order chi connectivity index (χ0) is 20.6. The summed E-state index contributed by atoms with van der Waals surface area (Å²) in [4.78, 5) is 22.3. The van der Waals surface area contributed by atoms with E-state index in [-0.39, 0.29) is 12.0 Å². The fraction of sp³-hybridized carbons (Fsp3) is 0.476. The van der Waals surface area contributed by atoms with Gasteiger partial charge in [-0.25, -0.2) is 9.55 Å². The molecule has 8 heteroatoms. The van der Waals surface area contributed by atoms with Crippen molar-refractivity contribution in [2.24, 2.45) is 5.92 Å². The molecular formula is C21H27N2O5P. The molecule has 1 fully saturated rings. The number of rotatable bonds is 6. The van der Waals surface area contributed by atoms with Gasteiger partial charge in [-0.2, -0.15) is 0 Å². The summed E-state index contributed by atoms with van der Waals surface area (Å²) in [5.74, 6) is 0.0940. The molecule has 0 bridgehead atoms. The van der Waals surface area contributed by atoms with Gasteiger partial charge in [0.05, 0.1) is 36.5 Å². The lowest BCUT2D eigenvalue weighted by Gasteiger charge is -2.33. The molecule has 0 spiro atoms. The van der Waals surface area contributed by atoms with E-state index in [1.807, 2.05) is 30.7 Å². The molecule has 0 radical (unpaired) electrons. The van der Waals surface area contributed by atoms with E-state index in [0.717, 1.165) is 11.3 Å². The molecule has 1 aromatic heterocycles. The van der Waals surface area contributed by atoms with Crippen LogP contribution < -0.4 is 0 Å². The standard InChI is InChI=1S/C21H27N2O5P/c1-14-19-12-22-13-23(19)18(21(14)16-5-3-2-4-6-16)11-20(24)15-7-9-17(10-8-15)28-29(25,26)27/h2-6,12-13,15,17-18,20,24H,7-11H2,1H3,(H2,25,26,27). The van der Waals surface area contributed by atoms with Gasteiger partial charge in [0, 0.05) is 0 Å². The van der Waals surface area contributed by atoms with Gasteiger partial charge in [-0.15, -0.1) is 0 Å². The lowest BCUT2D eigenvalue weighted by molar-refractivity contribution is 0.0318. The van der Waals surface area contributed by atoms with E-state index < -0.39 is 20.0 Å². The number of nitrogens with zero attached hydrogens (tertiary/aromatic N) is 2. The number of allylic oxidation sites excluding steroid dienone is 2. The van der Waals surface area contributed by atoms with Crippen LogP contribution in [0, 0.1) is 5.92 Å². The monoisotopic (exact) mass is 418 g/mol. The van der Waals surface area contributed by atoms with Crippen molar-refractivity contribution >= 4 is 19.0 Å². The molecule has 2 aliphatic rings. The van der Waals surface area contributed by atoms with Crippen LogP contribution in [0.3, 0.4) is 0 Å². The Balaban J connectivity index is 1.48. The first kappa shape index (κ1) is 20.5. The van der Waals surface area contributed by atoms with Gasteiger partial charge in [-0.3, -0.25) is 4.52 Å². The molecule has 2 heterocycles. The van der Waals surface area contributed by atoms with E-state index in [9.17, 15) is 9.67 Å². The molecule has 1 aliphatic heterocycles. The van der Waals surface area contributed by atoms with E-state index in [1.54, 1.807) is 0 Å². The van der Waals surface area contributed by atoms with Crippen molar-refractivity contribution < 1.29 is 24.0 Å². The van der Waals surface area contributed by atoms with Crippen LogP contribution in [0.4, 0.5) is 0 Å². The Morgan fingerprint density at radius 1 is 1.21 bits per heavy atom. The topological polar surface area (TPSA) is 105 Å². The molecule has 4 rings (SSSR count). The van der Waals surface area contributed by atoms with E-state index in [4.69, 9.17) is 14.3 Å². The minimum atomic E-state index is -4.46. The maximum absolute atomic E-state index is 11.0. The Morgan fingerprint density at radius 3 is 2.55 bits per heavy atom. The Labute approximate surface area is 170 Å². The maximum atomic E-state index is 11.0.